The number of hydrogen-bond acceptors (Lipinski definition) is 5. The predicted octanol–water partition coefficient (Wildman–Crippen LogP) is 2.66. The molecule has 0 aliphatic heterocycles. The monoisotopic (exact) mass is 313 g/mol. The first kappa shape index (κ1) is 15.0. The van der Waals surface area contributed by atoms with Gasteiger partial charge in [-0.05, 0) is 25.6 Å². The molecule has 0 saturated carbocycles. The Morgan fingerprint density at radius 2 is 2.05 bits per heavy atom. The van der Waals surface area contributed by atoms with E-state index in [2.05, 4.69) is 63.4 Å². The molecule has 0 aliphatic rings. The largest absolute Gasteiger partial charge is 0.301 e. The van der Waals surface area contributed by atoms with Crippen LogP contribution < -0.4 is 0 Å². The van der Waals surface area contributed by atoms with E-state index < -0.39 is 0 Å². The van der Waals surface area contributed by atoms with E-state index in [9.17, 15) is 0 Å². The van der Waals surface area contributed by atoms with Gasteiger partial charge in [-0.25, -0.2) is 4.98 Å². The van der Waals surface area contributed by atoms with E-state index >= 15 is 0 Å². The van der Waals surface area contributed by atoms with Gasteiger partial charge in [0, 0.05) is 24.5 Å². The van der Waals surface area contributed by atoms with Gasteiger partial charge in [-0.2, -0.15) is 14.6 Å². The predicted molar refractivity (Wildman–Crippen MR) is 89.0 cm³/mol. The highest BCUT2D eigenvalue weighted by Gasteiger charge is 2.07. The summed E-state index contributed by atoms with van der Waals surface area (Å²) in [5, 5.41) is 5.32. The number of fused-ring (bicyclic) bond motifs is 1. The maximum absolute atomic E-state index is 4.36. The second-order valence-corrected chi connectivity index (χ2v) is 6.39. The fourth-order valence-corrected chi connectivity index (χ4v) is 3.40. The van der Waals surface area contributed by atoms with Gasteiger partial charge in [0.25, 0.3) is 5.78 Å². The summed E-state index contributed by atoms with van der Waals surface area (Å²) in [7, 11) is 2.15. The van der Waals surface area contributed by atoms with E-state index in [1.165, 1.54) is 5.56 Å². The Kier molecular flexibility index (Phi) is 4.70. The lowest BCUT2D eigenvalue weighted by Gasteiger charge is -2.16. The fraction of sp³-hybridized carbons (Fsp3) is 0.312. The summed E-state index contributed by atoms with van der Waals surface area (Å²) in [4.78, 5) is 10.8. The van der Waals surface area contributed by atoms with Gasteiger partial charge in [0.15, 0.2) is 0 Å². The van der Waals surface area contributed by atoms with Crippen LogP contribution in [-0.2, 0) is 6.54 Å². The standard InChI is InChI=1S/C16H19N5S/c1-13-10-15(21-16(19-13)17-12-18-21)22-9-8-20(2)11-14-6-4-3-5-7-14/h3-7,10,12H,8-9,11H2,1-2H3. The summed E-state index contributed by atoms with van der Waals surface area (Å²) in [5.74, 6) is 1.67. The number of thioether (sulfide) groups is 1. The third-order valence-corrected chi connectivity index (χ3v) is 4.34. The highest BCUT2D eigenvalue weighted by molar-refractivity contribution is 7.99. The molecule has 1 aromatic carbocycles. The summed E-state index contributed by atoms with van der Waals surface area (Å²) < 4.78 is 1.80. The zero-order valence-electron chi connectivity index (χ0n) is 12.8. The second-order valence-electron chi connectivity index (χ2n) is 5.28. The van der Waals surface area contributed by atoms with Crippen LogP contribution in [0.5, 0.6) is 0 Å². The molecule has 0 radical (unpaired) electrons. The van der Waals surface area contributed by atoms with Crippen molar-refractivity contribution in [3.8, 4) is 0 Å². The molecular weight excluding hydrogens is 294 g/mol. The van der Waals surface area contributed by atoms with Crippen LogP contribution >= 0.6 is 11.8 Å². The Hall–Kier alpha value is -1.92. The lowest BCUT2D eigenvalue weighted by molar-refractivity contribution is 0.348. The normalized spacial score (nSPS) is 11.4. The Balaban J connectivity index is 1.57. The van der Waals surface area contributed by atoms with Gasteiger partial charge in [-0.1, -0.05) is 30.3 Å². The molecule has 3 rings (SSSR count). The molecule has 0 unspecified atom stereocenters. The summed E-state index contributed by atoms with van der Waals surface area (Å²) in [6, 6.07) is 12.6. The van der Waals surface area contributed by atoms with Gasteiger partial charge in [-0.15, -0.1) is 11.8 Å². The van der Waals surface area contributed by atoms with Crippen molar-refractivity contribution in [3.05, 3.63) is 54.0 Å². The van der Waals surface area contributed by atoms with E-state index in [1.54, 1.807) is 22.6 Å². The summed E-state index contributed by atoms with van der Waals surface area (Å²) in [5.41, 5.74) is 2.31. The number of benzene rings is 1. The topological polar surface area (TPSA) is 46.3 Å². The first-order valence-electron chi connectivity index (χ1n) is 7.25. The van der Waals surface area contributed by atoms with Crippen LogP contribution in [-0.4, -0.2) is 43.8 Å². The Labute approximate surface area is 134 Å². The molecule has 0 bridgehead atoms. The number of aromatic nitrogens is 4. The van der Waals surface area contributed by atoms with Crippen molar-refractivity contribution in [2.75, 3.05) is 19.3 Å². The molecule has 0 fully saturated rings. The van der Waals surface area contributed by atoms with Crippen molar-refractivity contribution >= 4 is 17.5 Å². The maximum Gasteiger partial charge on any atom is 0.253 e. The third kappa shape index (κ3) is 3.64. The second kappa shape index (κ2) is 6.89. The SMILES string of the molecule is Cc1cc(SCCN(C)Cc2ccccc2)n2ncnc2n1. The van der Waals surface area contributed by atoms with Crippen LogP contribution in [0.2, 0.25) is 0 Å². The molecule has 0 saturated heterocycles. The van der Waals surface area contributed by atoms with Crippen molar-refractivity contribution in [2.24, 2.45) is 0 Å². The first-order valence-corrected chi connectivity index (χ1v) is 8.23. The quantitative estimate of drug-likeness (QED) is 0.517. The molecule has 2 heterocycles. The highest BCUT2D eigenvalue weighted by atomic mass is 32.2. The fourth-order valence-electron chi connectivity index (χ4n) is 2.28. The van der Waals surface area contributed by atoms with Crippen LogP contribution in [0.4, 0.5) is 0 Å². The van der Waals surface area contributed by atoms with Gasteiger partial charge < -0.3 is 4.90 Å². The van der Waals surface area contributed by atoms with Gasteiger partial charge in [0.05, 0.1) is 0 Å². The smallest absolute Gasteiger partial charge is 0.253 e. The number of aryl methyl sites for hydroxylation is 1. The van der Waals surface area contributed by atoms with Crippen molar-refractivity contribution in [3.63, 3.8) is 0 Å². The number of hydrogen-bond donors (Lipinski definition) is 0. The lowest BCUT2D eigenvalue weighted by atomic mass is 10.2. The van der Waals surface area contributed by atoms with Crippen molar-refractivity contribution in [2.45, 2.75) is 18.5 Å². The summed E-state index contributed by atoms with van der Waals surface area (Å²) in [6.45, 7) is 3.97. The van der Waals surface area contributed by atoms with Crippen LogP contribution in [0.1, 0.15) is 11.3 Å². The van der Waals surface area contributed by atoms with Crippen molar-refractivity contribution in [1.82, 2.24) is 24.5 Å². The molecule has 6 heteroatoms. The molecule has 3 aromatic rings. The summed E-state index contributed by atoms with van der Waals surface area (Å²) in [6.07, 6.45) is 1.55. The molecule has 114 valence electrons. The molecule has 0 amide bonds. The summed E-state index contributed by atoms with van der Waals surface area (Å²) >= 11 is 1.79. The average Bonchev–Trinajstić information content (AvgIpc) is 2.96. The highest BCUT2D eigenvalue weighted by Crippen LogP contribution is 2.19. The zero-order valence-corrected chi connectivity index (χ0v) is 13.6. The van der Waals surface area contributed by atoms with Crippen LogP contribution in [0.25, 0.3) is 5.78 Å². The van der Waals surface area contributed by atoms with Gasteiger partial charge >= 0.3 is 0 Å². The molecule has 0 N–H and O–H groups in total. The van der Waals surface area contributed by atoms with Crippen molar-refractivity contribution < 1.29 is 0 Å². The molecule has 22 heavy (non-hydrogen) atoms. The number of nitrogens with zero attached hydrogens (tertiary/aromatic N) is 5. The first-order chi connectivity index (χ1) is 10.7. The van der Waals surface area contributed by atoms with Crippen LogP contribution in [0.3, 0.4) is 0 Å². The van der Waals surface area contributed by atoms with E-state index in [4.69, 9.17) is 0 Å². The zero-order chi connectivity index (χ0) is 15.4. The van der Waals surface area contributed by atoms with Gasteiger partial charge in [0.1, 0.15) is 11.4 Å². The minimum Gasteiger partial charge on any atom is -0.301 e. The number of rotatable bonds is 6. The van der Waals surface area contributed by atoms with Gasteiger partial charge in [0.2, 0.25) is 0 Å². The van der Waals surface area contributed by atoms with E-state index in [0.717, 1.165) is 29.6 Å². The Morgan fingerprint density at radius 1 is 1.23 bits per heavy atom. The van der Waals surface area contributed by atoms with Crippen LogP contribution in [0.15, 0.2) is 47.8 Å². The third-order valence-electron chi connectivity index (χ3n) is 3.37. The molecule has 5 nitrogen and oxygen atoms in total. The van der Waals surface area contributed by atoms with E-state index in [-0.39, 0.29) is 0 Å². The molecular formula is C16H19N5S. The van der Waals surface area contributed by atoms with Gasteiger partial charge in [-0.3, -0.25) is 0 Å². The molecule has 0 atom stereocenters. The molecule has 0 aliphatic carbocycles. The average molecular weight is 313 g/mol. The molecule has 0 spiro atoms. The Bertz CT molecular complexity index is 741. The Morgan fingerprint density at radius 3 is 2.86 bits per heavy atom. The van der Waals surface area contributed by atoms with Crippen LogP contribution in [0, 0.1) is 6.92 Å². The van der Waals surface area contributed by atoms with E-state index in [0.29, 0.717) is 5.78 Å². The minimum absolute atomic E-state index is 0.667. The molecule has 2 aromatic heterocycles. The van der Waals surface area contributed by atoms with Crippen molar-refractivity contribution in [1.29, 1.82) is 0 Å². The van der Waals surface area contributed by atoms with E-state index in [1.807, 2.05) is 6.92 Å². The maximum atomic E-state index is 4.36. The minimum atomic E-state index is 0.667. The lowest BCUT2D eigenvalue weighted by Crippen LogP contribution is -2.20.